The van der Waals surface area contributed by atoms with Crippen molar-refractivity contribution in [2.75, 3.05) is 52.4 Å². The number of unbranched alkanes of at least 4 members (excludes halogenated alkanes) is 1. The molecule has 0 aliphatic heterocycles. The molecule has 0 fully saturated rings. The molecule has 0 aromatic rings. The zero-order chi connectivity index (χ0) is 15.8. The van der Waals surface area contributed by atoms with E-state index in [1.165, 1.54) is 0 Å². The number of carbonyl (C=O) groups excluding carboxylic acids is 1. The van der Waals surface area contributed by atoms with Gasteiger partial charge in [0, 0.05) is 20.0 Å². The summed E-state index contributed by atoms with van der Waals surface area (Å²) in [6, 6.07) is 0. The molecule has 0 atom stereocenters. The van der Waals surface area contributed by atoms with Crippen molar-refractivity contribution < 1.29 is 4.79 Å². The second-order valence-corrected chi connectivity index (χ2v) is 5.35. The van der Waals surface area contributed by atoms with Crippen LogP contribution in [0, 0.1) is 0 Å². The number of nitrogens with one attached hydrogen (secondary N) is 2. The average molecular weight is 301 g/mol. The number of carbonyl (C=O) groups is 1. The molecular weight excluding hydrogens is 266 g/mol. The first-order valence-corrected chi connectivity index (χ1v) is 8.29. The van der Waals surface area contributed by atoms with Gasteiger partial charge in [-0.3, -0.25) is 4.79 Å². The summed E-state index contributed by atoms with van der Waals surface area (Å²) in [7, 11) is 0. The highest BCUT2D eigenvalue weighted by molar-refractivity contribution is 5.73. The number of hydrogen-bond acceptors (Lipinski definition) is 5. The Morgan fingerprint density at radius 2 is 1.29 bits per heavy atom. The van der Waals surface area contributed by atoms with Gasteiger partial charge in [0.2, 0.25) is 5.91 Å². The summed E-state index contributed by atoms with van der Waals surface area (Å²) in [5.41, 5.74) is 10.9. The molecule has 0 radical (unpaired) electrons. The van der Waals surface area contributed by atoms with Crippen molar-refractivity contribution in [1.29, 1.82) is 0 Å². The maximum atomic E-state index is 11.6. The molecule has 6 nitrogen and oxygen atoms in total. The van der Waals surface area contributed by atoms with Gasteiger partial charge >= 0.3 is 0 Å². The monoisotopic (exact) mass is 301 g/mol. The van der Waals surface area contributed by atoms with E-state index in [-0.39, 0.29) is 5.91 Å². The van der Waals surface area contributed by atoms with E-state index >= 15 is 0 Å². The molecule has 6 heteroatoms. The lowest BCUT2D eigenvalue weighted by atomic mass is 10.2. The van der Waals surface area contributed by atoms with E-state index in [0.29, 0.717) is 0 Å². The number of rotatable bonds is 15. The van der Waals surface area contributed by atoms with Crippen molar-refractivity contribution in [2.45, 2.75) is 39.0 Å². The Morgan fingerprint density at radius 1 is 0.810 bits per heavy atom. The van der Waals surface area contributed by atoms with Gasteiger partial charge in [-0.1, -0.05) is 0 Å². The number of hydrogen-bond donors (Lipinski definition) is 4. The van der Waals surface area contributed by atoms with E-state index < -0.39 is 0 Å². The average Bonchev–Trinajstić information content (AvgIpc) is 2.47. The third kappa shape index (κ3) is 14.0. The summed E-state index contributed by atoms with van der Waals surface area (Å²) in [6.07, 6.45) is 5.18. The van der Waals surface area contributed by atoms with Crippen LogP contribution in [0.3, 0.4) is 0 Å². The van der Waals surface area contributed by atoms with Crippen LogP contribution in [-0.4, -0.2) is 63.2 Å². The smallest absolute Gasteiger partial charge is 0.219 e. The SMILES string of the molecule is CC(=O)N(CCCCNCCCN)CCCNCCCN. The zero-order valence-electron chi connectivity index (χ0n) is 13.7. The van der Waals surface area contributed by atoms with Crippen LogP contribution in [-0.2, 0) is 4.79 Å². The highest BCUT2D eigenvalue weighted by atomic mass is 16.2. The molecule has 0 saturated carbocycles. The van der Waals surface area contributed by atoms with Gasteiger partial charge in [-0.15, -0.1) is 0 Å². The molecule has 0 saturated heterocycles. The molecule has 21 heavy (non-hydrogen) atoms. The highest BCUT2D eigenvalue weighted by Crippen LogP contribution is 1.97. The standard InChI is InChI=1S/C15H35N5O/c1-15(21)20(14-6-12-19-11-5-8-17)13-3-2-9-18-10-4-7-16/h18-19H,2-14,16-17H2,1H3. The largest absolute Gasteiger partial charge is 0.343 e. The van der Waals surface area contributed by atoms with Gasteiger partial charge in [0.15, 0.2) is 0 Å². The van der Waals surface area contributed by atoms with Crippen molar-refractivity contribution in [1.82, 2.24) is 15.5 Å². The second-order valence-electron chi connectivity index (χ2n) is 5.35. The molecule has 0 heterocycles. The van der Waals surface area contributed by atoms with Crippen molar-refractivity contribution in [3.8, 4) is 0 Å². The Hall–Kier alpha value is -0.690. The fourth-order valence-electron chi connectivity index (χ4n) is 2.08. The molecule has 0 aliphatic carbocycles. The molecule has 0 aromatic heterocycles. The number of nitrogens with zero attached hydrogens (tertiary/aromatic N) is 1. The molecule has 0 aliphatic rings. The third-order valence-electron chi connectivity index (χ3n) is 3.37. The Balaban J connectivity index is 3.52. The molecule has 6 N–H and O–H groups in total. The van der Waals surface area contributed by atoms with E-state index in [2.05, 4.69) is 10.6 Å². The van der Waals surface area contributed by atoms with Crippen LogP contribution in [0.15, 0.2) is 0 Å². The van der Waals surface area contributed by atoms with Crippen LogP contribution < -0.4 is 22.1 Å². The van der Waals surface area contributed by atoms with Gasteiger partial charge in [-0.05, 0) is 71.4 Å². The fraction of sp³-hybridized carbons (Fsp3) is 0.933. The third-order valence-corrected chi connectivity index (χ3v) is 3.37. The Morgan fingerprint density at radius 3 is 1.81 bits per heavy atom. The van der Waals surface area contributed by atoms with Crippen LogP contribution in [0.1, 0.15) is 39.0 Å². The maximum Gasteiger partial charge on any atom is 0.219 e. The fourth-order valence-corrected chi connectivity index (χ4v) is 2.08. The first-order valence-electron chi connectivity index (χ1n) is 8.29. The predicted molar refractivity (Wildman–Crippen MR) is 89.2 cm³/mol. The molecule has 0 rings (SSSR count). The molecular formula is C15H35N5O. The Labute approximate surface area is 130 Å². The quantitative estimate of drug-likeness (QED) is 0.316. The molecule has 126 valence electrons. The maximum absolute atomic E-state index is 11.6. The van der Waals surface area contributed by atoms with Crippen LogP contribution in [0.4, 0.5) is 0 Å². The van der Waals surface area contributed by atoms with Crippen LogP contribution in [0.5, 0.6) is 0 Å². The van der Waals surface area contributed by atoms with Gasteiger partial charge in [0.25, 0.3) is 0 Å². The van der Waals surface area contributed by atoms with Crippen molar-refractivity contribution in [3.05, 3.63) is 0 Å². The van der Waals surface area contributed by atoms with Crippen molar-refractivity contribution >= 4 is 5.91 Å². The number of amides is 1. The van der Waals surface area contributed by atoms with E-state index in [1.54, 1.807) is 6.92 Å². The molecule has 1 amide bonds. The summed E-state index contributed by atoms with van der Waals surface area (Å²) in [4.78, 5) is 13.5. The van der Waals surface area contributed by atoms with Gasteiger partial charge < -0.3 is 27.0 Å². The van der Waals surface area contributed by atoms with E-state index in [9.17, 15) is 4.79 Å². The molecule has 0 bridgehead atoms. The highest BCUT2D eigenvalue weighted by Gasteiger charge is 2.07. The number of nitrogens with two attached hydrogens (primary N) is 2. The second kappa shape index (κ2) is 15.7. The van der Waals surface area contributed by atoms with Gasteiger partial charge in [0.05, 0.1) is 0 Å². The zero-order valence-corrected chi connectivity index (χ0v) is 13.7. The van der Waals surface area contributed by atoms with Crippen molar-refractivity contribution in [3.63, 3.8) is 0 Å². The summed E-state index contributed by atoms with van der Waals surface area (Å²) >= 11 is 0. The summed E-state index contributed by atoms with van der Waals surface area (Å²) in [5, 5.41) is 6.70. The van der Waals surface area contributed by atoms with Crippen molar-refractivity contribution in [2.24, 2.45) is 11.5 Å². The topological polar surface area (TPSA) is 96.4 Å². The molecule has 0 spiro atoms. The first kappa shape index (κ1) is 20.3. The van der Waals surface area contributed by atoms with E-state index in [1.807, 2.05) is 4.90 Å². The summed E-state index contributed by atoms with van der Waals surface area (Å²) in [5.74, 6) is 0.174. The van der Waals surface area contributed by atoms with Gasteiger partial charge in [0.1, 0.15) is 0 Å². The molecule has 0 aromatic carbocycles. The van der Waals surface area contributed by atoms with Gasteiger partial charge in [-0.2, -0.15) is 0 Å². The predicted octanol–water partition coefficient (Wildman–Crippen LogP) is -0.118. The summed E-state index contributed by atoms with van der Waals surface area (Å²) in [6.45, 7) is 8.73. The lowest BCUT2D eigenvalue weighted by Crippen LogP contribution is -2.33. The minimum Gasteiger partial charge on any atom is -0.343 e. The summed E-state index contributed by atoms with van der Waals surface area (Å²) < 4.78 is 0. The lowest BCUT2D eigenvalue weighted by Gasteiger charge is -2.21. The minimum absolute atomic E-state index is 0.174. The van der Waals surface area contributed by atoms with Crippen LogP contribution in [0.25, 0.3) is 0 Å². The van der Waals surface area contributed by atoms with E-state index in [0.717, 1.165) is 84.5 Å². The van der Waals surface area contributed by atoms with Crippen LogP contribution >= 0.6 is 0 Å². The van der Waals surface area contributed by atoms with Gasteiger partial charge in [-0.25, -0.2) is 0 Å². The molecule has 0 unspecified atom stereocenters. The first-order chi connectivity index (χ1) is 10.2. The Bertz CT molecular complexity index is 238. The Kier molecular flexibility index (Phi) is 15.2. The normalized spacial score (nSPS) is 10.8. The van der Waals surface area contributed by atoms with E-state index in [4.69, 9.17) is 11.5 Å². The van der Waals surface area contributed by atoms with Crippen LogP contribution in [0.2, 0.25) is 0 Å². The lowest BCUT2D eigenvalue weighted by molar-refractivity contribution is -0.129. The minimum atomic E-state index is 0.174.